The van der Waals surface area contributed by atoms with Crippen LogP contribution in [0.5, 0.6) is 11.5 Å². The highest BCUT2D eigenvalue weighted by Crippen LogP contribution is 2.33. The molecule has 146 valence electrons. The largest absolute Gasteiger partial charge is 0.486 e. The number of hydrogen-bond donors (Lipinski definition) is 1. The van der Waals surface area contributed by atoms with Gasteiger partial charge in [-0.3, -0.25) is 0 Å². The molecule has 0 unspecified atom stereocenters. The predicted molar refractivity (Wildman–Crippen MR) is 110 cm³/mol. The van der Waals surface area contributed by atoms with E-state index >= 15 is 0 Å². The Balaban J connectivity index is 1.67. The quantitative estimate of drug-likeness (QED) is 0.657. The van der Waals surface area contributed by atoms with Crippen LogP contribution in [0.25, 0.3) is 0 Å². The maximum Gasteiger partial charge on any atom is 0.241 e. The minimum Gasteiger partial charge on any atom is -0.486 e. The molecule has 0 aliphatic carbocycles. The molecule has 1 N–H and O–H groups in total. The van der Waals surface area contributed by atoms with Crippen LogP contribution in [0.15, 0.2) is 64.9 Å². The molecular formula is C21H21NO4S2. The standard InChI is InChI=1S/C21H21NO4S2/c1-2-15-5-7-16(8-6-15)21(20-4-3-13-27-20)22-28(23,24)17-9-10-18-19(14-17)26-12-11-25-18/h3-10,13-14,21-22H,2,11-12H2,1H3/t21-/m1/s1. The van der Waals surface area contributed by atoms with Gasteiger partial charge in [-0.15, -0.1) is 11.3 Å². The second-order valence-corrected chi connectivity index (χ2v) is 9.16. The van der Waals surface area contributed by atoms with Gasteiger partial charge < -0.3 is 9.47 Å². The Morgan fingerprint density at radius 3 is 2.46 bits per heavy atom. The van der Waals surface area contributed by atoms with Crippen molar-refractivity contribution in [3.8, 4) is 11.5 Å². The molecule has 0 spiro atoms. The molecule has 4 rings (SSSR count). The maximum absolute atomic E-state index is 13.1. The topological polar surface area (TPSA) is 64.6 Å². The van der Waals surface area contributed by atoms with E-state index in [-0.39, 0.29) is 4.90 Å². The van der Waals surface area contributed by atoms with Crippen molar-refractivity contribution in [1.29, 1.82) is 0 Å². The number of fused-ring (bicyclic) bond motifs is 1. The highest BCUT2D eigenvalue weighted by molar-refractivity contribution is 7.89. The van der Waals surface area contributed by atoms with Crippen LogP contribution in [0.2, 0.25) is 0 Å². The van der Waals surface area contributed by atoms with Crippen molar-refractivity contribution in [2.75, 3.05) is 13.2 Å². The molecule has 3 aromatic rings. The van der Waals surface area contributed by atoms with E-state index in [9.17, 15) is 8.42 Å². The van der Waals surface area contributed by atoms with Crippen molar-refractivity contribution in [2.45, 2.75) is 24.3 Å². The maximum atomic E-state index is 13.1. The predicted octanol–water partition coefficient (Wildman–Crippen LogP) is 4.15. The van der Waals surface area contributed by atoms with E-state index in [0.29, 0.717) is 24.7 Å². The molecule has 2 heterocycles. The van der Waals surface area contributed by atoms with E-state index in [1.807, 2.05) is 41.8 Å². The van der Waals surface area contributed by atoms with Gasteiger partial charge in [-0.1, -0.05) is 37.3 Å². The molecule has 1 aromatic heterocycles. The average Bonchev–Trinajstić information content (AvgIpc) is 3.26. The van der Waals surface area contributed by atoms with E-state index in [2.05, 4.69) is 11.6 Å². The van der Waals surface area contributed by atoms with Gasteiger partial charge in [0.15, 0.2) is 11.5 Å². The molecule has 0 saturated heterocycles. The van der Waals surface area contributed by atoms with Crippen LogP contribution < -0.4 is 14.2 Å². The van der Waals surface area contributed by atoms with E-state index < -0.39 is 16.1 Å². The van der Waals surface area contributed by atoms with Gasteiger partial charge in [-0.05, 0) is 41.1 Å². The lowest BCUT2D eigenvalue weighted by Crippen LogP contribution is -2.29. The lowest BCUT2D eigenvalue weighted by molar-refractivity contribution is 0.171. The van der Waals surface area contributed by atoms with Crippen LogP contribution in [0.3, 0.4) is 0 Å². The summed E-state index contributed by atoms with van der Waals surface area (Å²) in [5.41, 5.74) is 2.11. The molecule has 0 amide bonds. The number of hydrogen-bond acceptors (Lipinski definition) is 5. The number of benzene rings is 2. The van der Waals surface area contributed by atoms with Gasteiger partial charge in [0.25, 0.3) is 0 Å². The summed E-state index contributed by atoms with van der Waals surface area (Å²) in [4.78, 5) is 1.09. The third kappa shape index (κ3) is 3.92. The Hall–Kier alpha value is -2.35. The fourth-order valence-electron chi connectivity index (χ4n) is 3.11. The molecule has 0 radical (unpaired) electrons. The molecular weight excluding hydrogens is 394 g/mol. The fraction of sp³-hybridized carbons (Fsp3) is 0.238. The molecule has 0 bridgehead atoms. The first-order valence-corrected chi connectivity index (χ1v) is 11.5. The molecule has 1 atom stereocenters. The summed E-state index contributed by atoms with van der Waals surface area (Å²) in [6.45, 7) is 2.97. The zero-order valence-corrected chi connectivity index (χ0v) is 17.1. The Bertz CT molecular complexity index is 1040. The van der Waals surface area contributed by atoms with Gasteiger partial charge in [0, 0.05) is 10.9 Å². The lowest BCUT2D eigenvalue weighted by Gasteiger charge is -2.21. The van der Waals surface area contributed by atoms with E-state index in [0.717, 1.165) is 16.9 Å². The molecule has 0 saturated carbocycles. The third-order valence-electron chi connectivity index (χ3n) is 4.65. The smallest absolute Gasteiger partial charge is 0.241 e. The van der Waals surface area contributed by atoms with Gasteiger partial charge in [-0.25, -0.2) is 8.42 Å². The second kappa shape index (κ2) is 7.95. The van der Waals surface area contributed by atoms with Crippen molar-refractivity contribution in [3.05, 3.63) is 76.0 Å². The van der Waals surface area contributed by atoms with Gasteiger partial charge in [-0.2, -0.15) is 4.72 Å². The van der Waals surface area contributed by atoms with Crippen LogP contribution in [-0.2, 0) is 16.4 Å². The monoisotopic (exact) mass is 415 g/mol. The van der Waals surface area contributed by atoms with Gasteiger partial charge >= 0.3 is 0 Å². The van der Waals surface area contributed by atoms with Crippen LogP contribution >= 0.6 is 11.3 Å². The number of nitrogens with one attached hydrogen (secondary N) is 1. The van der Waals surface area contributed by atoms with Crippen molar-refractivity contribution in [3.63, 3.8) is 0 Å². The van der Waals surface area contributed by atoms with E-state index in [1.165, 1.54) is 23.0 Å². The third-order valence-corrected chi connectivity index (χ3v) is 7.00. The molecule has 7 heteroatoms. The van der Waals surface area contributed by atoms with Crippen molar-refractivity contribution in [2.24, 2.45) is 0 Å². The Morgan fingerprint density at radius 1 is 1.04 bits per heavy atom. The van der Waals surface area contributed by atoms with Crippen molar-refractivity contribution in [1.82, 2.24) is 4.72 Å². The first-order valence-electron chi connectivity index (χ1n) is 9.11. The second-order valence-electron chi connectivity index (χ2n) is 6.47. The van der Waals surface area contributed by atoms with Crippen molar-refractivity contribution < 1.29 is 17.9 Å². The van der Waals surface area contributed by atoms with Gasteiger partial charge in [0.2, 0.25) is 10.0 Å². The van der Waals surface area contributed by atoms with Crippen LogP contribution in [0.1, 0.15) is 29.0 Å². The van der Waals surface area contributed by atoms with Crippen LogP contribution in [0, 0.1) is 0 Å². The Morgan fingerprint density at radius 2 is 1.79 bits per heavy atom. The molecule has 1 aliphatic rings. The average molecular weight is 416 g/mol. The highest BCUT2D eigenvalue weighted by atomic mass is 32.2. The van der Waals surface area contributed by atoms with Crippen LogP contribution in [-0.4, -0.2) is 21.6 Å². The highest BCUT2D eigenvalue weighted by Gasteiger charge is 2.25. The Labute approximate surface area is 169 Å². The van der Waals surface area contributed by atoms with Crippen LogP contribution in [0.4, 0.5) is 0 Å². The van der Waals surface area contributed by atoms with Gasteiger partial charge in [0.1, 0.15) is 13.2 Å². The minimum atomic E-state index is -3.76. The summed E-state index contributed by atoms with van der Waals surface area (Å²) in [5, 5.41) is 1.95. The number of rotatable bonds is 6. The zero-order valence-electron chi connectivity index (χ0n) is 15.4. The van der Waals surface area contributed by atoms with E-state index in [4.69, 9.17) is 9.47 Å². The summed E-state index contributed by atoms with van der Waals surface area (Å²) in [7, 11) is -3.76. The number of thiophene rings is 1. The number of sulfonamides is 1. The molecule has 1 aliphatic heterocycles. The lowest BCUT2D eigenvalue weighted by atomic mass is 10.0. The molecule has 5 nitrogen and oxygen atoms in total. The number of aryl methyl sites for hydroxylation is 1. The summed E-state index contributed by atoms with van der Waals surface area (Å²) < 4.78 is 40.1. The minimum absolute atomic E-state index is 0.156. The number of ether oxygens (including phenoxy) is 2. The summed E-state index contributed by atoms with van der Waals surface area (Å²) in [6.07, 6.45) is 0.937. The van der Waals surface area contributed by atoms with E-state index in [1.54, 1.807) is 12.1 Å². The van der Waals surface area contributed by atoms with Crippen molar-refractivity contribution >= 4 is 21.4 Å². The molecule has 2 aromatic carbocycles. The fourth-order valence-corrected chi connectivity index (χ4v) is 5.20. The zero-order chi connectivity index (χ0) is 19.6. The first-order chi connectivity index (χ1) is 13.6. The summed E-state index contributed by atoms with van der Waals surface area (Å²) in [6, 6.07) is 16.1. The summed E-state index contributed by atoms with van der Waals surface area (Å²) in [5.74, 6) is 1.02. The first kappa shape index (κ1) is 19.0. The molecule has 0 fully saturated rings. The summed E-state index contributed by atoms with van der Waals surface area (Å²) >= 11 is 1.52. The SMILES string of the molecule is CCc1ccc([C@@H](NS(=O)(=O)c2ccc3c(c2)OCCO3)c2cccs2)cc1. The Kier molecular flexibility index (Phi) is 5.39. The normalized spacial score (nSPS) is 14.6. The van der Waals surface area contributed by atoms with Gasteiger partial charge in [0.05, 0.1) is 10.9 Å². The molecule has 28 heavy (non-hydrogen) atoms.